The molecule has 0 aliphatic rings. The number of ether oxygens (including phenoxy) is 1. The van der Waals surface area contributed by atoms with Crippen LogP contribution < -0.4 is 10.3 Å². The predicted octanol–water partition coefficient (Wildman–Crippen LogP) is 5.88. The molecule has 9 heteroatoms. The predicted molar refractivity (Wildman–Crippen MR) is 136 cm³/mol. The maximum atomic E-state index is 14.0. The fourth-order valence-electron chi connectivity index (χ4n) is 4.42. The Morgan fingerprint density at radius 2 is 1.78 bits per heavy atom. The second-order valence-corrected chi connectivity index (χ2v) is 8.93. The van der Waals surface area contributed by atoms with E-state index in [0.717, 1.165) is 23.5 Å². The van der Waals surface area contributed by atoms with Gasteiger partial charge in [-0.2, -0.15) is 0 Å². The number of hydrogen-bond acceptors (Lipinski definition) is 4. The molecule has 4 aromatic rings. The summed E-state index contributed by atoms with van der Waals surface area (Å²) in [6.07, 6.45) is 6.07. The third-order valence-electron chi connectivity index (χ3n) is 6.20. The Bertz CT molecular complexity index is 1520. The number of halogens is 3. The van der Waals surface area contributed by atoms with Crippen LogP contribution in [-0.2, 0) is 0 Å². The molecule has 0 amide bonds. The summed E-state index contributed by atoms with van der Waals surface area (Å²) in [5.74, 6) is -3.69. The second-order valence-electron chi connectivity index (χ2n) is 8.93. The Kier molecular flexibility index (Phi) is 7.33. The van der Waals surface area contributed by atoms with Crippen molar-refractivity contribution in [3.63, 3.8) is 0 Å². The summed E-state index contributed by atoms with van der Waals surface area (Å²) in [7, 11) is 1.52. The maximum Gasteiger partial charge on any atom is 0.260 e. The van der Waals surface area contributed by atoms with Gasteiger partial charge in [-0.05, 0) is 61.7 Å². The third kappa shape index (κ3) is 5.07. The molecule has 4 rings (SSSR count). The third-order valence-corrected chi connectivity index (χ3v) is 6.20. The molecule has 2 aromatic heterocycles. The van der Waals surface area contributed by atoms with Gasteiger partial charge in [0.1, 0.15) is 5.75 Å². The van der Waals surface area contributed by atoms with E-state index in [4.69, 9.17) is 10.1 Å². The van der Waals surface area contributed by atoms with E-state index in [1.54, 1.807) is 48.3 Å². The van der Waals surface area contributed by atoms with Crippen molar-refractivity contribution in [2.75, 3.05) is 7.11 Å². The van der Waals surface area contributed by atoms with Crippen LogP contribution in [0.4, 0.5) is 13.2 Å². The average molecular weight is 509 g/mol. The number of aromatic nitrogens is 3. The lowest BCUT2D eigenvalue weighted by Gasteiger charge is -2.22. The maximum absolute atomic E-state index is 14.0. The van der Waals surface area contributed by atoms with E-state index in [0.29, 0.717) is 29.7 Å². The van der Waals surface area contributed by atoms with Crippen molar-refractivity contribution in [1.82, 2.24) is 14.1 Å². The Hall–Kier alpha value is -4.14. The minimum Gasteiger partial charge on any atom is -0.495 e. The fraction of sp³-hybridized carbons (Fsp3) is 0.250. The summed E-state index contributed by atoms with van der Waals surface area (Å²) < 4.78 is 50.4. The van der Waals surface area contributed by atoms with Gasteiger partial charge in [0.2, 0.25) is 0 Å². The van der Waals surface area contributed by atoms with E-state index < -0.39 is 29.1 Å². The lowest BCUT2D eigenvalue weighted by molar-refractivity contribution is 0.413. The summed E-state index contributed by atoms with van der Waals surface area (Å²) in [5, 5.41) is 8.84. The Labute approximate surface area is 212 Å². The largest absolute Gasteiger partial charge is 0.495 e. The van der Waals surface area contributed by atoms with Crippen molar-refractivity contribution < 1.29 is 17.9 Å². The van der Waals surface area contributed by atoms with Gasteiger partial charge in [-0.25, -0.2) is 18.2 Å². The Morgan fingerprint density at radius 3 is 2.38 bits per heavy atom. The molecule has 0 aliphatic heterocycles. The van der Waals surface area contributed by atoms with Gasteiger partial charge in [-0.15, -0.1) is 0 Å². The van der Waals surface area contributed by atoms with Crippen LogP contribution in [0.25, 0.3) is 5.69 Å². The molecule has 1 unspecified atom stereocenters. The lowest BCUT2D eigenvalue weighted by Crippen LogP contribution is -2.30. The molecule has 0 fully saturated rings. The molecule has 0 aliphatic carbocycles. The first-order valence-corrected chi connectivity index (χ1v) is 11.8. The molecule has 2 aromatic carbocycles. The summed E-state index contributed by atoms with van der Waals surface area (Å²) in [5.41, 5.74) is 2.45. The van der Waals surface area contributed by atoms with Crippen LogP contribution in [0.2, 0.25) is 0 Å². The highest BCUT2D eigenvalue weighted by Gasteiger charge is 2.22. The highest BCUT2D eigenvalue weighted by Crippen LogP contribution is 2.28. The molecule has 0 spiro atoms. The van der Waals surface area contributed by atoms with Crippen LogP contribution in [-0.4, -0.2) is 26.9 Å². The van der Waals surface area contributed by atoms with Gasteiger partial charge in [0.25, 0.3) is 5.56 Å². The van der Waals surface area contributed by atoms with Crippen molar-refractivity contribution in [2.45, 2.75) is 39.7 Å². The molecule has 2 heterocycles. The normalized spacial score (nSPS) is 12.0. The molecular weight excluding hydrogens is 481 g/mol. The molecule has 0 radical (unpaired) electrons. The number of nitrogens with one attached hydrogen (secondary N) is 1. The van der Waals surface area contributed by atoms with E-state index in [2.05, 4.69) is 4.98 Å². The molecular formula is C28H27F3N4O2. The topological polar surface area (TPSA) is 72.9 Å². The van der Waals surface area contributed by atoms with E-state index in [1.807, 2.05) is 20.0 Å². The number of pyridine rings is 1. The highest BCUT2D eigenvalue weighted by molar-refractivity contribution is 6.11. The quantitative estimate of drug-likeness (QED) is 0.239. The molecule has 192 valence electrons. The number of methoxy groups -OCH3 is 1. The van der Waals surface area contributed by atoms with Gasteiger partial charge in [-0.1, -0.05) is 19.4 Å². The summed E-state index contributed by atoms with van der Waals surface area (Å²) in [4.78, 5) is 17.9. The van der Waals surface area contributed by atoms with Crippen LogP contribution in [0.15, 0.2) is 59.9 Å². The fourth-order valence-corrected chi connectivity index (χ4v) is 4.42. The first-order valence-electron chi connectivity index (χ1n) is 11.8. The van der Waals surface area contributed by atoms with Gasteiger partial charge >= 0.3 is 0 Å². The van der Waals surface area contributed by atoms with Crippen LogP contribution in [0.1, 0.15) is 53.8 Å². The molecule has 1 atom stereocenters. The molecule has 37 heavy (non-hydrogen) atoms. The first-order chi connectivity index (χ1) is 17.6. The molecule has 1 N–H and O–H groups in total. The van der Waals surface area contributed by atoms with Crippen LogP contribution in [0.5, 0.6) is 5.75 Å². The zero-order valence-electron chi connectivity index (χ0n) is 21.0. The number of aryl methyl sites for hydroxylation is 2. The van der Waals surface area contributed by atoms with Crippen LogP contribution in [0.3, 0.4) is 0 Å². The van der Waals surface area contributed by atoms with Crippen molar-refractivity contribution in [3.8, 4) is 11.4 Å². The first kappa shape index (κ1) is 25.9. The van der Waals surface area contributed by atoms with Crippen molar-refractivity contribution in [3.05, 3.63) is 111 Å². The molecule has 0 saturated carbocycles. The standard InChI is InChI=1S/C28H27F3N4O2/c1-5-6-23(19-10-21(29)26(31)22(30)11-19)35-13-16(2)9-20(28(35)36)27(32)18-7-8-24(25(12-18)37-4)34-14-17(3)33-15-34/h7-15,23,32H,5-6H2,1-4H3. The molecule has 0 saturated heterocycles. The van der Waals surface area contributed by atoms with Crippen molar-refractivity contribution in [1.29, 1.82) is 5.41 Å². The van der Waals surface area contributed by atoms with Crippen molar-refractivity contribution in [2.24, 2.45) is 0 Å². The van der Waals surface area contributed by atoms with E-state index in [9.17, 15) is 18.0 Å². The monoisotopic (exact) mass is 508 g/mol. The van der Waals surface area contributed by atoms with Crippen LogP contribution in [0, 0.1) is 36.7 Å². The smallest absolute Gasteiger partial charge is 0.260 e. The average Bonchev–Trinajstić information content (AvgIpc) is 3.32. The summed E-state index contributed by atoms with van der Waals surface area (Å²) >= 11 is 0. The highest BCUT2D eigenvalue weighted by atomic mass is 19.2. The Balaban J connectivity index is 1.80. The van der Waals surface area contributed by atoms with Gasteiger partial charge in [0.05, 0.1) is 42.1 Å². The number of nitrogens with zero attached hydrogens (tertiary/aromatic N) is 3. The molecule has 6 nitrogen and oxygen atoms in total. The van der Waals surface area contributed by atoms with Gasteiger partial charge in [0.15, 0.2) is 17.5 Å². The molecule has 0 bridgehead atoms. The SMILES string of the molecule is CCCC(c1cc(F)c(F)c(F)c1)n1cc(C)cc(C(=N)c2ccc(-n3cnc(C)c3)c(OC)c2)c1=O. The van der Waals surface area contributed by atoms with E-state index in [-0.39, 0.29) is 16.8 Å². The minimum absolute atomic E-state index is 0.0270. The van der Waals surface area contributed by atoms with Crippen molar-refractivity contribution >= 4 is 5.71 Å². The van der Waals surface area contributed by atoms with Crippen LogP contribution >= 0.6 is 0 Å². The number of benzene rings is 2. The Morgan fingerprint density at radius 1 is 1.08 bits per heavy atom. The van der Waals surface area contributed by atoms with Gasteiger partial charge in [0, 0.05) is 18.0 Å². The zero-order chi connectivity index (χ0) is 26.9. The summed E-state index contributed by atoms with van der Waals surface area (Å²) in [6.45, 7) is 5.52. The van der Waals surface area contributed by atoms with Gasteiger partial charge in [-0.3, -0.25) is 10.2 Å². The minimum atomic E-state index is -1.55. The number of hydrogen-bond donors (Lipinski definition) is 1. The zero-order valence-corrected chi connectivity index (χ0v) is 21.0. The second kappa shape index (κ2) is 10.5. The van der Waals surface area contributed by atoms with E-state index >= 15 is 0 Å². The lowest BCUT2D eigenvalue weighted by atomic mass is 9.98. The number of imidazole rings is 1. The number of rotatable bonds is 8. The van der Waals surface area contributed by atoms with Gasteiger partial charge < -0.3 is 13.9 Å². The summed E-state index contributed by atoms with van der Waals surface area (Å²) in [6, 6.07) is 7.87. The van der Waals surface area contributed by atoms with E-state index in [1.165, 1.54) is 11.7 Å².